The number of likely N-dealkylation sites (tertiary alicyclic amines) is 1. The molecule has 0 unspecified atom stereocenters. The highest BCUT2D eigenvalue weighted by Crippen LogP contribution is 2.29. The lowest BCUT2D eigenvalue weighted by atomic mass is 9.93. The molecule has 4 heterocycles. The summed E-state index contributed by atoms with van der Waals surface area (Å²) < 4.78 is 1.53. The van der Waals surface area contributed by atoms with Crippen LogP contribution in [0.4, 0.5) is 0 Å². The first-order valence-electron chi connectivity index (χ1n) is 10.1. The lowest BCUT2D eigenvalue weighted by molar-refractivity contribution is 0.203. The quantitative estimate of drug-likeness (QED) is 0.584. The molecule has 0 bridgehead atoms. The molecule has 1 saturated heterocycles. The number of rotatable bonds is 4. The number of nitrogens with one attached hydrogen (secondary N) is 1. The predicted molar refractivity (Wildman–Crippen MR) is 113 cm³/mol. The molecular weight excluding hydrogens is 362 g/mol. The summed E-state index contributed by atoms with van der Waals surface area (Å²) in [5.41, 5.74) is 4.82. The van der Waals surface area contributed by atoms with Crippen LogP contribution in [-0.2, 0) is 6.54 Å². The van der Waals surface area contributed by atoms with Gasteiger partial charge in [-0.3, -0.25) is 19.8 Å². The maximum atomic E-state index is 12.7. The molecule has 146 valence electrons. The zero-order valence-corrected chi connectivity index (χ0v) is 16.2. The van der Waals surface area contributed by atoms with Crippen LogP contribution in [0.25, 0.3) is 16.8 Å². The minimum atomic E-state index is -0.0510. The number of nitrogens with zero attached hydrogens (tertiary/aromatic N) is 4. The van der Waals surface area contributed by atoms with Crippen molar-refractivity contribution in [2.24, 2.45) is 0 Å². The Kier molecular flexibility index (Phi) is 4.69. The average Bonchev–Trinajstić information content (AvgIpc) is 3.20. The van der Waals surface area contributed by atoms with Crippen LogP contribution in [0.3, 0.4) is 0 Å². The molecule has 3 aromatic heterocycles. The summed E-state index contributed by atoms with van der Waals surface area (Å²) in [6.07, 6.45) is 7.61. The molecule has 0 radical (unpaired) electrons. The van der Waals surface area contributed by atoms with Crippen LogP contribution in [0.5, 0.6) is 0 Å². The van der Waals surface area contributed by atoms with E-state index in [1.807, 2.05) is 48.8 Å². The average molecular weight is 385 g/mol. The minimum Gasteiger partial charge on any atom is -0.299 e. The maximum Gasteiger partial charge on any atom is 0.272 e. The van der Waals surface area contributed by atoms with Crippen molar-refractivity contribution in [2.75, 3.05) is 13.1 Å². The fourth-order valence-corrected chi connectivity index (χ4v) is 4.18. The van der Waals surface area contributed by atoms with Crippen molar-refractivity contribution in [3.63, 3.8) is 0 Å². The largest absolute Gasteiger partial charge is 0.299 e. The van der Waals surface area contributed by atoms with E-state index in [0.717, 1.165) is 49.3 Å². The van der Waals surface area contributed by atoms with Crippen LogP contribution in [0.15, 0.2) is 71.9 Å². The monoisotopic (exact) mass is 385 g/mol. The van der Waals surface area contributed by atoms with E-state index in [-0.39, 0.29) is 5.56 Å². The summed E-state index contributed by atoms with van der Waals surface area (Å²) in [6, 6.07) is 15.9. The van der Waals surface area contributed by atoms with Crippen molar-refractivity contribution in [3.05, 3.63) is 88.7 Å². The first kappa shape index (κ1) is 17.8. The van der Waals surface area contributed by atoms with Crippen LogP contribution >= 0.6 is 0 Å². The van der Waals surface area contributed by atoms with Crippen molar-refractivity contribution < 1.29 is 0 Å². The van der Waals surface area contributed by atoms with Gasteiger partial charge in [-0.1, -0.05) is 36.4 Å². The highest BCUT2D eigenvalue weighted by atomic mass is 16.1. The number of aromatic amines is 1. The molecule has 6 heteroatoms. The summed E-state index contributed by atoms with van der Waals surface area (Å²) in [4.78, 5) is 24.2. The SMILES string of the molecule is O=c1cc(C2CCN(Cc3cccnc3)CC2)nc2c(-c3ccccc3)c[nH]n12. The Balaban J connectivity index is 1.38. The second-order valence-electron chi connectivity index (χ2n) is 7.64. The molecule has 1 aromatic carbocycles. The van der Waals surface area contributed by atoms with Crippen molar-refractivity contribution in [2.45, 2.75) is 25.3 Å². The van der Waals surface area contributed by atoms with E-state index in [0.29, 0.717) is 11.6 Å². The zero-order chi connectivity index (χ0) is 19.6. The second-order valence-corrected chi connectivity index (χ2v) is 7.64. The van der Waals surface area contributed by atoms with Gasteiger partial charge in [0.2, 0.25) is 0 Å². The van der Waals surface area contributed by atoms with Crippen LogP contribution in [0, 0.1) is 0 Å². The smallest absolute Gasteiger partial charge is 0.272 e. The number of piperidine rings is 1. The lowest BCUT2D eigenvalue weighted by Gasteiger charge is -2.31. The molecule has 0 saturated carbocycles. The summed E-state index contributed by atoms with van der Waals surface area (Å²) in [7, 11) is 0. The Hall–Kier alpha value is -3.25. The van der Waals surface area contributed by atoms with E-state index in [9.17, 15) is 4.79 Å². The summed E-state index contributed by atoms with van der Waals surface area (Å²) in [6.45, 7) is 2.92. The molecule has 0 aliphatic carbocycles. The number of hydrogen-bond acceptors (Lipinski definition) is 4. The molecule has 29 heavy (non-hydrogen) atoms. The van der Waals surface area contributed by atoms with Gasteiger partial charge >= 0.3 is 0 Å². The Bertz CT molecular complexity index is 1160. The minimum absolute atomic E-state index is 0.0510. The molecule has 0 spiro atoms. The van der Waals surface area contributed by atoms with E-state index in [1.54, 1.807) is 12.3 Å². The molecule has 6 nitrogen and oxygen atoms in total. The van der Waals surface area contributed by atoms with Crippen LogP contribution in [0.2, 0.25) is 0 Å². The predicted octanol–water partition coefficient (Wildman–Crippen LogP) is 3.46. The van der Waals surface area contributed by atoms with Gasteiger partial charge in [-0.05, 0) is 43.1 Å². The lowest BCUT2D eigenvalue weighted by Crippen LogP contribution is -2.33. The fraction of sp³-hybridized carbons (Fsp3) is 0.261. The third-order valence-corrected chi connectivity index (χ3v) is 5.74. The Morgan fingerprint density at radius 2 is 1.90 bits per heavy atom. The zero-order valence-electron chi connectivity index (χ0n) is 16.2. The van der Waals surface area contributed by atoms with Crippen LogP contribution < -0.4 is 5.56 Å². The van der Waals surface area contributed by atoms with Gasteiger partial charge in [0.15, 0.2) is 5.65 Å². The van der Waals surface area contributed by atoms with Gasteiger partial charge < -0.3 is 0 Å². The van der Waals surface area contributed by atoms with E-state index < -0.39 is 0 Å². The molecule has 0 amide bonds. The second kappa shape index (κ2) is 7.64. The molecule has 1 N–H and O–H groups in total. The third kappa shape index (κ3) is 3.59. The van der Waals surface area contributed by atoms with Crippen molar-refractivity contribution in [1.82, 2.24) is 24.5 Å². The van der Waals surface area contributed by atoms with Crippen LogP contribution in [0.1, 0.15) is 30.0 Å². The van der Waals surface area contributed by atoms with E-state index in [4.69, 9.17) is 4.98 Å². The molecule has 1 aliphatic rings. The highest BCUT2D eigenvalue weighted by Gasteiger charge is 2.23. The number of aromatic nitrogens is 4. The first-order valence-corrected chi connectivity index (χ1v) is 10.1. The normalized spacial score (nSPS) is 15.7. The van der Waals surface area contributed by atoms with Gasteiger partial charge in [-0.2, -0.15) is 0 Å². The Labute approximate surface area is 168 Å². The fourth-order valence-electron chi connectivity index (χ4n) is 4.18. The third-order valence-electron chi connectivity index (χ3n) is 5.74. The number of fused-ring (bicyclic) bond motifs is 1. The molecule has 4 aromatic rings. The highest BCUT2D eigenvalue weighted by molar-refractivity contribution is 5.76. The molecule has 0 atom stereocenters. The van der Waals surface area contributed by atoms with Gasteiger partial charge in [0, 0.05) is 42.7 Å². The first-order chi connectivity index (χ1) is 14.3. The molecule has 1 fully saturated rings. The number of H-pyrrole nitrogens is 1. The van der Waals surface area contributed by atoms with Gasteiger partial charge in [0.25, 0.3) is 5.56 Å². The Morgan fingerprint density at radius 3 is 2.66 bits per heavy atom. The topological polar surface area (TPSA) is 66.3 Å². The van der Waals surface area contributed by atoms with Crippen molar-refractivity contribution in [3.8, 4) is 11.1 Å². The van der Waals surface area contributed by atoms with Crippen molar-refractivity contribution >= 4 is 5.65 Å². The summed E-state index contributed by atoms with van der Waals surface area (Å²) in [5.74, 6) is 0.316. The number of benzene rings is 1. The standard InChI is InChI=1S/C23H23N5O/c29-22-13-21(19-8-11-27(12-9-19)16-17-5-4-10-24-14-17)26-23-20(15-25-28(22)23)18-6-2-1-3-7-18/h1-7,10,13-15,19,25H,8-9,11-12,16H2. The van der Waals surface area contributed by atoms with Gasteiger partial charge in [-0.25, -0.2) is 9.50 Å². The van der Waals surface area contributed by atoms with Gasteiger partial charge in [0.1, 0.15) is 0 Å². The van der Waals surface area contributed by atoms with Gasteiger partial charge in [0.05, 0.1) is 5.69 Å². The molecule has 5 rings (SSSR count). The van der Waals surface area contributed by atoms with Crippen LogP contribution in [-0.4, -0.2) is 37.6 Å². The Morgan fingerprint density at radius 1 is 1.07 bits per heavy atom. The summed E-state index contributed by atoms with van der Waals surface area (Å²) >= 11 is 0. The maximum absolute atomic E-state index is 12.7. The van der Waals surface area contributed by atoms with E-state index in [2.05, 4.69) is 21.0 Å². The van der Waals surface area contributed by atoms with Gasteiger partial charge in [-0.15, -0.1) is 0 Å². The van der Waals surface area contributed by atoms with Crippen molar-refractivity contribution in [1.29, 1.82) is 0 Å². The summed E-state index contributed by atoms with van der Waals surface area (Å²) in [5, 5.41) is 3.05. The molecule has 1 aliphatic heterocycles. The van der Waals surface area contributed by atoms with E-state index >= 15 is 0 Å². The number of hydrogen-bond donors (Lipinski definition) is 1. The number of pyridine rings is 1. The molecular formula is C23H23N5O. The van der Waals surface area contributed by atoms with E-state index in [1.165, 1.54) is 10.1 Å².